The van der Waals surface area contributed by atoms with Crippen molar-refractivity contribution in [2.24, 2.45) is 4.99 Å². The van der Waals surface area contributed by atoms with E-state index >= 15 is 0 Å². The van der Waals surface area contributed by atoms with Gasteiger partial charge in [0.15, 0.2) is 5.96 Å². The number of aryl methyl sites for hydroxylation is 1. The van der Waals surface area contributed by atoms with Crippen LogP contribution in [0.1, 0.15) is 16.1 Å². The lowest BCUT2D eigenvalue weighted by Crippen LogP contribution is -2.37. The summed E-state index contributed by atoms with van der Waals surface area (Å²) in [5, 5.41) is 9.81. The summed E-state index contributed by atoms with van der Waals surface area (Å²) < 4.78 is 5.39. The molecule has 5 nitrogen and oxygen atoms in total. The zero-order chi connectivity index (χ0) is 19.8. The van der Waals surface area contributed by atoms with Crippen molar-refractivity contribution in [3.05, 3.63) is 70.0 Å². The van der Waals surface area contributed by atoms with E-state index in [1.807, 2.05) is 18.2 Å². The monoisotopic (exact) mass is 394 g/mol. The number of nitrogens with zero attached hydrogens (tertiary/aromatic N) is 2. The molecular formula is C22H26N4OS. The SMILES string of the molecule is CN=C(NCCc1ccc(C)c(OC)c1)NCc1nc(-c2ccccc2)cs1. The van der Waals surface area contributed by atoms with Gasteiger partial charge in [-0.05, 0) is 30.5 Å². The molecule has 2 N–H and O–H groups in total. The van der Waals surface area contributed by atoms with E-state index in [2.05, 4.69) is 58.3 Å². The fourth-order valence-electron chi connectivity index (χ4n) is 2.86. The van der Waals surface area contributed by atoms with Crippen LogP contribution in [0, 0.1) is 6.92 Å². The van der Waals surface area contributed by atoms with Gasteiger partial charge in [0.1, 0.15) is 10.8 Å². The first kappa shape index (κ1) is 19.9. The number of nitrogens with one attached hydrogen (secondary N) is 2. The summed E-state index contributed by atoms with van der Waals surface area (Å²) in [5.74, 6) is 1.70. The maximum atomic E-state index is 5.39. The molecule has 2 aromatic carbocycles. The second kappa shape index (κ2) is 9.90. The minimum Gasteiger partial charge on any atom is -0.496 e. The highest BCUT2D eigenvalue weighted by Crippen LogP contribution is 2.21. The van der Waals surface area contributed by atoms with Crippen LogP contribution in [-0.2, 0) is 13.0 Å². The van der Waals surface area contributed by atoms with Gasteiger partial charge < -0.3 is 15.4 Å². The number of thiazole rings is 1. The van der Waals surface area contributed by atoms with E-state index in [0.717, 1.165) is 46.5 Å². The van der Waals surface area contributed by atoms with Crippen LogP contribution in [0.2, 0.25) is 0 Å². The number of benzene rings is 2. The van der Waals surface area contributed by atoms with E-state index in [1.165, 1.54) is 5.56 Å². The van der Waals surface area contributed by atoms with E-state index in [-0.39, 0.29) is 0 Å². The molecule has 3 aromatic rings. The van der Waals surface area contributed by atoms with Crippen LogP contribution >= 0.6 is 11.3 Å². The molecule has 0 fully saturated rings. The Kier molecular flexibility index (Phi) is 7.03. The van der Waals surface area contributed by atoms with Gasteiger partial charge in [-0.1, -0.05) is 42.5 Å². The topological polar surface area (TPSA) is 58.5 Å². The molecule has 0 bridgehead atoms. The molecule has 0 aliphatic rings. The van der Waals surface area contributed by atoms with Crippen LogP contribution in [0.4, 0.5) is 0 Å². The van der Waals surface area contributed by atoms with Gasteiger partial charge >= 0.3 is 0 Å². The second-order valence-electron chi connectivity index (χ2n) is 6.40. The number of guanidine groups is 1. The third-order valence-electron chi connectivity index (χ3n) is 4.43. The van der Waals surface area contributed by atoms with E-state index in [0.29, 0.717) is 6.54 Å². The number of hydrogen-bond donors (Lipinski definition) is 2. The summed E-state index contributed by atoms with van der Waals surface area (Å²) in [6.45, 7) is 3.49. The number of ether oxygens (including phenoxy) is 1. The molecule has 0 spiro atoms. The summed E-state index contributed by atoms with van der Waals surface area (Å²) in [5.41, 5.74) is 4.53. The van der Waals surface area contributed by atoms with Crippen molar-refractivity contribution in [1.29, 1.82) is 0 Å². The molecule has 6 heteroatoms. The highest BCUT2D eigenvalue weighted by molar-refractivity contribution is 7.09. The predicted octanol–water partition coefficient (Wildman–Crippen LogP) is 4.03. The van der Waals surface area contributed by atoms with Gasteiger partial charge in [0.25, 0.3) is 0 Å². The molecule has 3 rings (SSSR count). The molecule has 1 aromatic heterocycles. The fraction of sp³-hybridized carbons (Fsp3) is 0.273. The normalized spacial score (nSPS) is 11.3. The Balaban J connectivity index is 1.48. The third-order valence-corrected chi connectivity index (χ3v) is 5.28. The molecular weight excluding hydrogens is 368 g/mol. The average molecular weight is 395 g/mol. The molecule has 0 amide bonds. The molecule has 28 heavy (non-hydrogen) atoms. The Labute approximate surface area is 170 Å². The minimum absolute atomic E-state index is 0.648. The average Bonchev–Trinajstić information content (AvgIpc) is 3.21. The molecule has 0 aliphatic carbocycles. The van der Waals surface area contributed by atoms with Crippen LogP contribution < -0.4 is 15.4 Å². The van der Waals surface area contributed by atoms with Crippen LogP contribution in [0.5, 0.6) is 5.75 Å². The smallest absolute Gasteiger partial charge is 0.191 e. The third kappa shape index (κ3) is 5.33. The highest BCUT2D eigenvalue weighted by atomic mass is 32.1. The summed E-state index contributed by atoms with van der Waals surface area (Å²) in [4.78, 5) is 8.99. The molecule has 0 saturated heterocycles. The summed E-state index contributed by atoms with van der Waals surface area (Å²) in [6.07, 6.45) is 0.896. The summed E-state index contributed by atoms with van der Waals surface area (Å²) >= 11 is 1.65. The maximum absolute atomic E-state index is 5.39. The molecule has 0 atom stereocenters. The number of aliphatic imine (C=N–C) groups is 1. The Hall–Kier alpha value is -2.86. The van der Waals surface area contributed by atoms with E-state index < -0.39 is 0 Å². The largest absolute Gasteiger partial charge is 0.496 e. The summed E-state index contributed by atoms with van der Waals surface area (Å²) in [6, 6.07) is 16.5. The number of rotatable bonds is 7. The molecule has 0 unspecified atom stereocenters. The lowest BCUT2D eigenvalue weighted by atomic mass is 10.1. The molecule has 0 aliphatic heterocycles. The van der Waals surface area contributed by atoms with Crippen LogP contribution in [0.25, 0.3) is 11.3 Å². The Bertz CT molecular complexity index is 921. The first-order valence-electron chi connectivity index (χ1n) is 9.27. The number of aromatic nitrogens is 1. The van der Waals surface area contributed by atoms with E-state index in [9.17, 15) is 0 Å². The van der Waals surface area contributed by atoms with Gasteiger partial charge in [0.05, 0.1) is 19.3 Å². The van der Waals surface area contributed by atoms with Gasteiger partial charge in [-0.2, -0.15) is 0 Å². The van der Waals surface area contributed by atoms with Gasteiger partial charge in [-0.15, -0.1) is 11.3 Å². The molecule has 0 radical (unpaired) electrons. The van der Waals surface area contributed by atoms with E-state index in [1.54, 1.807) is 25.5 Å². The second-order valence-corrected chi connectivity index (χ2v) is 7.34. The van der Waals surface area contributed by atoms with Crippen molar-refractivity contribution in [2.45, 2.75) is 19.9 Å². The lowest BCUT2D eigenvalue weighted by Gasteiger charge is -2.12. The predicted molar refractivity (Wildman–Crippen MR) is 117 cm³/mol. The minimum atomic E-state index is 0.648. The molecule has 0 saturated carbocycles. The first-order valence-corrected chi connectivity index (χ1v) is 10.2. The van der Waals surface area contributed by atoms with Gasteiger partial charge in [0, 0.05) is 24.5 Å². The van der Waals surface area contributed by atoms with Crippen molar-refractivity contribution < 1.29 is 4.74 Å². The number of methoxy groups -OCH3 is 1. The Morgan fingerprint density at radius 1 is 1.14 bits per heavy atom. The van der Waals surface area contributed by atoms with Crippen molar-refractivity contribution in [1.82, 2.24) is 15.6 Å². The van der Waals surface area contributed by atoms with E-state index in [4.69, 9.17) is 9.72 Å². The Morgan fingerprint density at radius 2 is 1.96 bits per heavy atom. The van der Waals surface area contributed by atoms with Crippen molar-refractivity contribution in [3.8, 4) is 17.0 Å². The van der Waals surface area contributed by atoms with Crippen molar-refractivity contribution >= 4 is 17.3 Å². The molecule has 1 heterocycles. The lowest BCUT2D eigenvalue weighted by molar-refractivity contribution is 0.411. The van der Waals surface area contributed by atoms with Gasteiger partial charge in [-0.3, -0.25) is 4.99 Å². The zero-order valence-corrected chi connectivity index (χ0v) is 17.3. The first-order chi connectivity index (χ1) is 13.7. The fourth-order valence-corrected chi connectivity index (χ4v) is 3.60. The molecule has 146 valence electrons. The van der Waals surface area contributed by atoms with Gasteiger partial charge in [-0.25, -0.2) is 4.98 Å². The van der Waals surface area contributed by atoms with Crippen LogP contribution in [0.3, 0.4) is 0 Å². The number of hydrogen-bond acceptors (Lipinski definition) is 4. The highest BCUT2D eigenvalue weighted by Gasteiger charge is 2.06. The van der Waals surface area contributed by atoms with Crippen molar-refractivity contribution in [2.75, 3.05) is 20.7 Å². The Morgan fingerprint density at radius 3 is 2.71 bits per heavy atom. The quantitative estimate of drug-likeness (QED) is 0.469. The maximum Gasteiger partial charge on any atom is 0.191 e. The standard InChI is InChI=1S/C22H26N4OS/c1-16-9-10-17(13-20(16)27-3)11-12-24-22(23-2)25-14-21-26-19(15-28-21)18-7-5-4-6-8-18/h4-10,13,15H,11-12,14H2,1-3H3,(H2,23,24,25). The van der Waals surface area contributed by atoms with Crippen LogP contribution in [-0.4, -0.2) is 31.6 Å². The summed E-state index contributed by atoms with van der Waals surface area (Å²) in [7, 11) is 3.49. The zero-order valence-electron chi connectivity index (χ0n) is 16.5. The van der Waals surface area contributed by atoms with Gasteiger partial charge in [0.2, 0.25) is 0 Å². The van der Waals surface area contributed by atoms with Crippen molar-refractivity contribution in [3.63, 3.8) is 0 Å². The van der Waals surface area contributed by atoms with Crippen LogP contribution in [0.15, 0.2) is 58.9 Å².